The van der Waals surface area contributed by atoms with Crippen LogP contribution < -0.4 is 4.74 Å². The summed E-state index contributed by atoms with van der Waals surface area (Å²) in [6.07, 6.45) is 5.82. The van der Waals surface area contributed by atoms with Crippen molar-refractivity contribution in [3.05, 3.63) is 54.4 Å². The minimum absolute atomic E-state index is 0.0485. The zero-order valence-electron chi connectivity index (χ0n) is 17.3. The van der Waals surface area contributed by atoms with E-state index in [9.17, 15) is 0 Å². The van der Waals surface area contributed by atoms with Gasteiger partial charge in [0.25, 0.3) is 0 Å². The predicted octanol–water partition coefficient (Wildman–Crippen LogP) is 4.55. The Labute approximate surface area is 175 Å². The number of fused-ring (bicyclic) bond motifs is 1. The van der Waals surface area contributed by atoms with E-state index in [0.717, 1.165) is 71.8 Å². The predicted molar refractivity (Wildman–Crippen MR) is 115 cm³/mol. The van der Waals surface area contributed by atoms with Gasteiger partial charge >= 0.3 is 0 Å². The molecule has 5 rings (SSSR count). The monoisotopic (exact) mass is 403 g/mol. The molecular formula is C23H25N5O2. The van der Waals surface area contributed by atoms with Crippen LogP contribution in [-0.4, -0.2) is 38.3 Å². The van der Waals surface area contributed by atoms with Crippen molar-refractivity contribution >= 4 is 11.0 Å². The van der Waals surface area contributed by atoms with Gasteiger partial charge < -0.3 is 9.47 Å². The van der Waals surface area contributed by atoms with Crippen LogP contribution in [0.1, 0.15) is 38.1 Å². The molecule has 0 saturated carbocycles. The fourth-order valence-corrected chi connectivity index (χ4v) is 4.05. The van der Waals surface area contributed by atoms with Crippen molar-refractivity contribution in [1.29, 1.82) is 0 Å². The van der Waals surface area contributed by atoms with E-state index < -0.39 is 0 Å². The van der Waals surface area contributed by atoms with Crippen molar-refractivity contribution in [2.45, 2.75) is 38.8 Å². The lowest BCUT2D eigenvalue weighted by atomic mass is 10.1. The highest BCUT2D eigenvalue weighted by Crippen LogP contribution is 2.30. The number of benzene rings is 1. The van der Waals surface area contributed by atoms with Crippen LogP contribution in [0.15, 0.2) is 48.7 Å². The number of methoxy groups -OCH3 is 1. The highest BCUT2D eigenvalue weighted by molar-refractivity contribution is 5.81. The van der Waals surface area contributed by atoms with Gasteiger partial charge in [-0.15, -0.1) is 0 Å². The zero-order valence-corrected chi connectivity index (χ0v) is 17.3. The smallest absolute Gasteiger partial charge is 0.161 e. The first-order valence-corrected chi connectivity index (χ1v) is 10.5. The minimum atomic E-state index is -0.0485. The first-order chi connectivity index (χ1) is 14.8. The van der Waals surface area contributed by atoms with Crippen LogP contribution in [0.4, 0.5) is 0 Å². The summed E-state index contributed by atoms with van der Waals surface area (Å²) in [7, 11) is 1.67. The van der Waals surface area contributed by atoms with Gasteiger partial charge in [0.15, 0.2) is 11.9 Å². The Morgan fingerprint density at radius 1 is 1.17 bits per heavy atom. The molecule has 4 aromatic rings. The average Bonchev–Trinajstić information content (AvgIpc) is 3.44. The summed E-state index contributed by atoms with van der Waals surface area (Å²) in [5.41, 5.74) is 4.62. The van der Waals surface area contributed by atoms with E-state index in [0.29, 0.717) is 0 Å². The van der Waals surface area contributed by atoms with Gasteiger partial charge in [-0.2, -0.15) is 10.2 Å². The molecule has 0 bridgehead atoms. The van der Waals surface area contributed by atoms with Crippen LogP contribution in [0.3, 0.4) is 0 Å². The average molecular weight is 403 g/mol. The molecule has 1 aliphatic heterocycles. The van der Waals surface area contributed by atoms with Crippen molar-refractivity contribution in [2.24, 2.45) is 0 Å². The lowest BCUT2D eigenvalue weighted by molar-refractivity contribution is -0.0372. The van der Waals surface area contributed by atoms with E-state index in [1.165, 1.54) is 0 Å². The maximum atomic E-state index is 6.01. The number of ether oxygens (including phenoxy) is 2. The number of hydrogen-bond donors (Lipinski definition) is 0. The molecule has 1 aliphatic rings. The molecule has 0 amide bonds. The molecule has 7 heteroatoms. The second-order valence-electron chi connectivity index (χ2n) is 7.46. The zero-order chi connectivity index (χ0) is 20.5. The molecule has 154 valence electrons. The van der Waals surface area contributed by atoms with Crippen LogP contribution in [0.5, 0.6) is 5.75 Å². The van der Waals surface area contributed by atoms with Crippen molar-refractivity contribution in [2.75, 3.05) is 13.7 Å². The molecule has 0 spiro atoms. The molecular weight excluding hydrogens is 378 g/mol. The van der Waals surface area contributed by atoms with Crippen LogP contribution in [0, 0.1) is 0 Å². The van der Waals surface area contributed by atoms with E-state index >= 15 is 0 Å². The Bertz CT molecular complexity index is 1170. The molecule has 1 atom stereocenters. The van der Waals surface area contributed by atoms with E-state index in [-0.39, 0.29) is 6.23 Å². The third kappa shape index (κ3) is 3.25. The van der Waals surface area contributed by atoms with E-state index in [4.69, 9.17) is 19.6 Å². The van der Waals surface area contributed by atoms with Gasteiger partial charge in [0.05, 0.1) is 36.1 Å². The molecule has 0 N–H and O–H groups in total. The summed E-state index contributed by atoms with van der Waals surface area (Å²) in [6.45, 7) is 2.90. The summed E-state index contributed by atoms with van der Waals surface area (Å²) < 4.78 is 15.2. The fraction of sp³-hybridized carbons (Fsp3) is 0.348. The lowest BCUT2D eigenvalue weighted by Gasteiger charge is -2.23. The normalized spacial score (nSPS) is 16.8. The van der Waals surface area contributed by atoms with Gasteiger partial charge in [-0.1, -0.05) is 13.0 Å². The van der Waals surface area contributed by atoms with Crippen molar-refractivity contribution in [3.8, 4) is 22.8 Å². The second-order valence-corrected chi connectivity index (χ2v) is 7.46. The van der Waals surface area contributed by atoms with E-state index in [1.807, 2.05) is 45.8 Å². The second kappa shape index (κ2) is 7.91. The highest BCUT2D eigenvalue weighted by atomic mass is 16.5. The maximum absolute atomic E-state index is 6.01. The van der Waals surface area contributed by atoms with Crippen molar-refractivity contribution in [3.63, 3.8) is 0 Å². The van der Waals surface area contributed by atoms with E-state index in [1.54, 1.807) is 13.3 Å². The van der Waals surface area contributed by atoms with Gasteiger partial charge in [0, 0.05) is 18.1 Å². The minimum Gasteiger partial charge on any atom is -0.497 e. The van der Waals surface area contributed by atoms with Gasteiger partial charge in [-0.05, 0) is 56.0 Å². The SMILES string of the molecule is CCc1nn(C2CCCCO2)c2nc(-c3ccnn3-c3cccc(OC)c3)ccc12. The Hall–Kier alpha value is -3.19. The highest BCUT2D eigenvalue weighted by Gasteiger charge is 2.22. The first-order valence-electron chi connectivity index (χ1n) is 10.5. The molecule has 1 fully saturated rings. The Morgan fingerprint density at radius 2 is 2.10 bits per heavy atom. The van der Waals surface area contributed by atoms with Crippen LogP contribution in [-0.2, 0) is 11.2 Å². The van der Waals surface area contributed by atoms with Crippen molar-refractivity contribution in [1.82, 2.24) is 24.5 Å². The van der Waals surface area contributed by atoms with Crippen LogP contribution >= 0.6 is 0 Å². The molecule has 1 unspecified atom stereocenters. The Balaban J connectivity index is 1.61. The quantitative estimate of drug-likeness (QED) is 0.489. The molecule has 4 heterocycles. The standard InChI is InChI=1S/C23H25N5O2/c1-3-19-18-10-11-20(25-23(18)28(26-19)22-9-4-5-14-30-22)21-12-13-24-27(21)16-7-6-8-17(15-16)29-2/h6-8,10-13,15,22H,3-5,9,14H2,1-2H3. The summed E-state index contributed by atoms with van der Waals surface area (Å²) in [6, 6.07) is 14.0. The number of pyridine rings is 1. The summed E-state index contributed by atoms with van der Waals surface area (Å²) in [4.78, 5) is 5.02. The molecule has 1 aromatic carbocycles. The van der Waals surface area contributed by atoms with E-state index in [2.05, 4.69) is 18.1 Å². The molecule has 30 heavy (non-hydrogen) atoms. The number of rotatable bonds is 5. The van der Waals surface area contributed by atoms with Gasteiger partial charge in [0.1, 0.15) is 5.75 Å². The lowest BCUT2D eigenvalue weighted by Crippen LogP contribution is -2.19. The number of aromatic nitrogens is 5. The Morgan fingerprint density at radius 3 is 2.90 bits per heavy atom. The van der Waals surface area contributed by atoms with Gasteiger partial charge in [-0.25, -0.2) is 14.3 Å². The first kappa shape index (κ1) is 18.8. The van der Waals surface area contributed by atoms with Crippen molar-refractivity contribution < 1.29 is 9.47 Å². The largest absolute Gasteiger partial charge is 0.497 e. The summed E-state index contributed by atoms with van der Waals surface area (Å²) in [5, 5.41) is 10.5. The molecule has 7 nitrogen and oxygen atoms in total. The number of nitrogens with zero attached hydrogens (tertiary/aromatic N) is 5. The molecule has 1 saturated heterocycles. The molecule has 3 aromatic heterocycles. The molecule has 0 radical (unpaired) electrons. The van der Waals surface area contributed by atoms with Crippen LogP contribution in [0.2, 0.25) is 0 Å². The third-order valence-corrected chi connectivity index (χ3v) is 5.60. The van der Waals surface area contributed by atoms with Gasteiger partial charge in [-0.3, -0.25) is 0 Å². The summed E-state index contributed by atoms with van der Waals surface area (Å²) in [5.74, 6) is 0.789. The molecule has 0 aliphatic carbocycles. The number of hydrogen-bond acceptors (Lipinski definition) is 5. The van der Waals surface area contributed by atoms with Gasteiger partial charge in [0.2, 0.25) is 0 Å². The topological polar surface area (TPSA) is 67.0 Å². The maximum Gasteiger partial charge on any atom is 0.161 e. The van der Waals surface area contributed by atoms with Crippen LogP contribution in [0.25, 0.3) is 28.1 Å². The third-order valence-electron chi connectivity index (χ3n) is 5.60. The Kier molecular flexibility index (Phi) is 4.96. The summed E-state index contributed by atoms with van der Waals surface area (Å²) >= 11 is 0. The fourth-order valence-electron chi connectivity index (χ4n) is 4.05. The number of aryl methyl sites for hydroxylation is 1.